The molecular formula is C16H19BFNO2. The molecule has 0 fully saturated rings. The Morgan fingerprint density at radius 2 is 1.81 bits per heavy atom. The summed E-state index contributed by atoms with van der Waals surface area (Å²) < 4.78 is 13.9. The maximum Gasteiger partial charge on any atom is 0.488 e. The van der Waals surface area contributed by atoms with Crippen LogP contribution in [-0.4, -0.2) is 35.7 Å². The average Bonchev–Trinajstić information content (AvgIpc) is 2.48. The Bertz CT molecular complexity index is 578. The number of hydrogen-bond donors (Lipinski definition) is 2. The van der Waals surface area contributed by atoms with E-state index in [9.17, 15) is 4.39 Å². The molecule has 5 heteroatoms. The van der Waals surface area contributed by atoms with Crippen molar-refractivity contribution in [1.82, 2.24) is 4.90 Å². The van der Waals surface area contributed by atoms with Gasteiger partial charge in [-0.3, -0.25) is 0 Å². The summed E-state index contributed by atoms with van der Waals surface area (Å²) in [6, 6.07) is 14.5. The van der Waals surface area contributed by atoms with Crippen LogP contribution in [0, 0.1) is 5.82 Å². The largest absolute Gasteiger partial charge is 0.488 e. The second-order valence-electron chi connectivity index (χ2n) is 5.20. The van der Waals surface area contributed by atoms with E-state index in [4.69, 9.17) is 10.0 Å². The molecule has 110 valence electrons. The highest BCUT2D eigenvalue weighted by Gasteiger charge is 2.14. The minimum absolute atomic E-state index is 0.170. The number of likely N-dealkylation sites (N-methyl/N-ethyl adjacent to an activating group) is 1. The quantitative estimate of drug-likeness (QED) is 0.784. The van der Waals surface area contributed by atoms with E-state index in [1.807, 2.05) is 30.1 Å². The molecule has 0 atom stereocenters. The van der Waals surface area contributed by atoms with Gasteiger partial charge in [0.05, 0.1) is 0 Å². The van der Waals surface area contributed by atoms with Crippen molar-refractivity contribution < 1.29 is 14.4 Å². The highest BCUT2D eigenvalue weighted by atomic mass is 19.1. The summed E-state index contributed by atoms with van der Waals surface area (Å²) in [6.07, 6.45) is 0.909. The van der Waals surface area contributed by atoms with E-state index in [2.05, 4.69) is 12.1 Å². The average molecular weight is 287 g/mol. The molecule has 0 heterocycles. The van der Waals surface area contributed by atoms with Crippen LogP contribution < -0.4 is 5.46 Å². The Hall–Kier alpha value is -1.69. The lowest BCUT2D eigenvalue weighted by atomic mass is 9.80. The zero-order valence-electron chi connectivity index (χ0n) is 12.0. The van der Waals surface area contributed by atoms with Crippen LogP contribution in [0.3, 0.4) is 0 Å². The summed E-state index contributed by atoms with van der Waals surface area (Å²) in [5.74, 6) is -0.410. The van der Waals surface area contributed by atoms with Gasteiger partial charge in [-0.25, -0.2) is 4.39 Å². The van der Waals surface area contributed by atoms with Crippen LogP contribution in [0.25, 0.3) is 0 Å². The minimum Gasteiger partial charge on any atom is -0.423 e. The normalized spacial score (nSPS) is 10.9. The first-order chi connectivity index (χ1) is 10.1. The molecule has 3 nitrogen and oxygen atoms in total. The number of rotatable bonds is 6. The highest BCUT2D eigenvalue weighted by molar-refractivity contribution is 6.58. The molecule has 0 aliphatic rings. The summed E-state index contributed by atoms with van der Waals surface area (Å²) in [5.41, 5.74) is 1.97. The highest BCUT2D eigenvalue weighted by Crippen LogP contribution is 2.09. The van der Waals surface area contributed by atoms with E-state index in [0.29, 0.717) is 12.1 Å². The van der Waals surface area contributed by atoms with Gasteiger partial charge in [0, 0.05) is 18.7 Å². The minimum atomic E-state index is -1.63. The molecule has 2 aromatic carbocycles. The van der Waals surface area contributed by atoms with Crippen molar-refractivity contribution >= 4 is 12.6 Å². The first kappa shape index (κ1) is 15.7. The van der Waals surface area contributed by atoms with Crippen molar-refractivity contribution in [3.05, 3.63) is 65.5 Å². The van der Waals surface area contributed by atoms with E-state index in [1.165, 1.54) is 17.7 Å². The monoisotopic (exact) mass is 287 g/mol. The molecule has 0 saturated heterocycles. The number of nitrogens with zero attached hydrogens (tertiary/aromatic N) is 1. The van der Waals surface area contributed by atoms with Crippen molar-refractivity contribution in [3.8, 4) is 0 Å². The number of benzene rings is 2. The SMILES string of the molecule is CN(CCc1ccccc1)Cc1ccc(B(O)O)cc1F. The van der Waals surface area contributed by atoms with Crippen LogP contribution >= 0.6 is 0 Å². The van der Waals surface area contributed by atoms with Gasteiger partial charge < -0.3 is 14.9 Å². The topological polar surface area (TPSA) is 43.7 Å². The smallest absolute Gasteiger partial charge is 0.423 e. The predicted octanol–water partition coefficient (Wildman–Crippen LogP) is 1.18. The van der Waals surface area contributed by atoms with E-state index in [0.717, 1.165) is 13.0 Å². The first-order valence-corrected chi connectivity index (χ1v) is 6.93. The summed E-state index contributed by atoms with van der Waals surface area (Å²) in [5, 5.41) is 18.0. The summed E-state index contributed by atoms with van der Waals surface area (Å²) in [6.45, 7) is 1.31. The Morgan fingerprint density at radius 3 is 2.43 bits per heavy atom. The third-order valence-electron chi connectivity index (χ3n) is 3.44. The fourth-order valence-corrected chi connectivity index (χ4v) is 2.19. The van der Waals surface area contributed by atoms with Gasteiger partial charge in [-0.2, -0.15) is 0 Å². The first-order valence-electron chi connectivity index (χ1n) is 6.93. The second-order valence-corrected chi connectivity index (χ2v) is 5.20. The third-order valence-corrected chi connectivity index (χ3v) is 3.44. The van der Waals surface area contributed by atoms with Crippen molar-refractivity contribution in [2.45, 2.75) is 13.0 Å². The van der Waals surface area contributed by atoms with Gasteiger partial charge in [0.15, 0.2) is 0 Å². The van der Waals surface area contributed by atoms with Crippen LogP contribution in [0.5, 0.6) is 0 Å². The summed E-state index contributed by atoms with van der Waals surface area (Å²) >= 11 is 0. The Kier molecular flexibility index (Phi) is 5.50. The molecule has 2 N–H and O–H groups in total. The fourth-order valence-electron chi connectivity index (χ4n) is 2.19. The van der Waals surface area contributed by atoms with Crippen molar-refractivity contribution in [2.75, 3.05) is 13.6 Å². The van der Waals surface area contributed by atoms with E-state index in [-0.39, 0.29) is 5.46 Å². The molecule has 2 aromatic rings. The van der Waals surface area contributed by atoms with Crippen molar-refractivity contribution in [2.24, 2.45) is 0 Å². The van der Waals surface area contributed by atoms with E-state index in [1.54, 1.807) is 6.07 Å². The number of halogens is 1. The molecule has 0 amide bonds. The van der Waals surface area contributed by atoms with Crippen LogP contribution in [0.4, 0.5) is 4.39 Å². The Balaban J connectivity index is 1.92. The van der Waals surface area contributed by atoms with Gasteiger partial charge in [0.25, 0.3) is 0 Å². The maximum atomic E-state index is 13.9. The van der Waals surface area contributed by atoms with Crippen LogP contribution in [0.1, 0.15) is 11.1 Å². The van der Waals surface area contributed by atoms with Gasteiger partial charge in [0.2, 0.25) is 0 Å². The van der Waals surface area contributed by atoms with Gasteiger partial charge in [-0.1, -0.05) is 42.5 Å². The molecule has 0 aliphatic carbocycles. The molecule has 0 saturated carbocycles. The molecule has 21 heavy (non-hydrogen) atoms. The standard InChI is InChI=1S/C16H19BFNO2/c1-19(10-9-13-5-3-2-4-6-13)12-14-7-8-15(17(20)21)11-16(14)18/h2-8,11,20-21H,9-10,12H2,1H3. The van der Waals surface area contributed by atoms with Gasteiger partial charge >= 0.3 is 7.12 Å². The van der Waals surface area contributed by atoms with Crippen molar-refractivity contribution in [1.29, 1.82) is 0 Å². The fraction of sp³-hybridized carbons (Fsp3) is 0.250. The van der Waals surface area contributed by atoms with Crippen LogP contribution in [0.2, 0.25) is 0 Å². The van der Waals surface area contributed by atoms with Gasteiger partial charge in [0.1, 0.15) is 5.82 Å². The lowest BCUT2D eigenvalue weighted by Crippen LogP contribution is -2.30. The molecular weight excluding hydrogens is 268 g/mol. The van der Waals surface area contributed by atoms with Crippen LogP contribution in [0.15, 0.2) is 48.5 Å². The summed E-state index contributed by atoms with van der Waals surface area (Å²) in [7, 11) is 0.307. The van der Waals surface area contributed by atoms with Crippen LogP contribution in [-0.2, 0) is 13.0 Å². The number of hydrogen-bond acceptors (Lipinski definition) is 3. The van der Waals surface area contributed by atoms with E-state index < -0.39 is 12.9 Å². The summed E-state index contributed by atoms with van der Waals surface area (Å²) in [4.78, 5) is 2.04. The zero-order valence-corrected chi connectivity index (χ0v) is 12.0. The van der Waals surface area contributed by atoms with Gasteiger partial charge in [-0.05, 0) is 30.6 Å². The second kappa shape index (κ2) is 7.36. The lowest BCUT2D eigenvalue weighted by Gasteiger charge is -2.17. The zero-order chi connectivity index (χ0) is 15.2. The van der Waals surface area contributed by atoms with E-state index >= 15 is 0 Å². The molecule has 2 rings (SSSR count). The maximum absolute atomic E-state index is 13.9. The molecule has 0 spiro atoms. The predicted molar refractivity (Wildman–Crippen MR) is 82.7 cm³/mol. The van der Waals surface area contributed by atoms with Crippen molar-refractivity contribution in [3.63, 3.8) is 0 Å². The molecule has 0 aromatic heterocycles. The molecule has 0 aliphatic heterocycles. The Morgan fingerprint density at radius 1 is 1.10 bits per heavy atom. The molecule has 0 bridgehead atoms. The Labute approximate surface area is 124 Å². The lowest BCUT2D eigenvalue weighted by molar-refractivity contribution is 0.325. The van der Waals surface area contributed by atoms with Gasteiger partial charge in [-0.15, -0.1) is 0 Å². The third kappa shape index (κ3) is 4.67. The molecule has 0 radical (unpaired) electrons. The molecule has 0 unspecified atom stereocenters.